The maximum absolute atomic E-state index is 12.8. The molecule has 1 aromatic heterocycles. The second-order valence-electron chi connectivity index (χ2n) is 7.70. The Hall–Kier alpha value is -3.01. The van der Waals surface area contributed by atoms with Crippen LogP contribution in [0.5, 0.6) is 0 Å². The maximum atomic E-state index is 12.8. The van der Waals surface area contributed by atoms with Gasteiger partial charge >= 0.3 is 6.16 Å². The van der Waals surface area contributed by atoms with Gasteiger partial charge in [0.15, 0.2) is 5.78 Å². The molecule has 2 atom stereocenters. The van der Waals surface area contributed by atoms with Gasteiger partial charge in [0.25, 0.3) is 0 Å². The number of nitrogens with one attached hydrogen (secondary N) is 1. The Bertz CT molecular complexity index is 1210. The topological polar surface area (TPSA) is 121 Å². The smallest absolute Gasteiger partial charge is 0.450 e. The molecule has 0 unspecified atom stereocenters. The van der Waals surface area contributed by atoms with Crippen molar-refractivity contribution in [2.45, 2.75) is 35.9 Å². The van der Waals surface area contributed by atoms with Crippen molar-refractivity contribution in [1.29, 1.82) is 0 Å². The molecule has 0 aliphatic heterocycles. The van der Waals surface area contributed by atoms with Gasteiger partial charge in [-0.15, -0.1) is 11.3 Å². The Kier molecular flexibility index (Phi) is 6.82. The molecule has 3 N–H and O–H groups in total. The SMILES string of the molecule is CC(=O)c1ccc(-c2ccc(S(=O)(=O)N[C@H]3C[C@]3(C)c3ccccc3)s2)cc1.O=C(O)O. The van der Waals surface area contributed by atoms with E-state index in [1.54, 1.807) is 18.2 Å². The molecule has 1 aliphatic carbocycles. The van der Waals surface area contributed by atoms with E-state index in [9.17, 15) is 13.2 Å². The Morgan fingerprint density at radius 1 is 1.00 bits per heavy atom. The fraction of sp³-hybridized carbons (Fsp3) is 0.217. The first-order valence-corrected chi connectivity index (χ1v) is 12.0. The zero-order valence-electron chi connectivity index (χ0n) is 17.5. The monoisotopic (exact) mass is 473 g/mol. The number of carboxylic acid groups (broad SMARTS) is 2. The Morgan fingerprint density at radius 3 is 2.16 bits per heavy atom. The summed E-state index contributed by atoms with van der Waals surface area (Å²) in [6.07, 6.45) is -1.04. The molecule has 32 heavy (non-hydrogen) atoms. The summed E-state index contributed by atoms with van der Waals surface area (Å²) in [5, 5.41) is 13.9. The number of hydrogen-bond donors (Lipinski definition) is 3. The highest BCUT2D eigenvalue weighted by Crippen LogP contribution is 2.48. The third-order valence-corrected chi connectivity index (χ3v) is 8.49. The normalized spacial score (nSPS) is 19.5. The molecule has 0 saturated heterocycles. The van der Waals surface area contributed by atoms with E-state index >= 15 is 0 Å². The maximum Gasteiger partial charge on any atom is 0.503 e. The Balaban J connectivity index is 0.000000668. The minimum absolute atomic E-state index is 0.0103. The fourth-order valence-electron chi connectivity index (χ4n) is 3.41. The van der Waals surface area contributed by atoms with Gasteiger partial charge in [0.1, 0.15) is 4.21 Å². The first kappa shape index (κ1) is 23.6. The molecule has 0 bridgehead atoms. The van der Waals surface area contributed by atoms with Gasteiger partial charge in [-0.05, 0) is 36.6 Å². The van der Waals surface area contributed by atoms with E-state index < -0.39 is 16.2 Å². The average Bonchev–Trinajstić information content (AvgIpc) is 3.15. The molecule has 7 nitrogen and oxygen atoms in total. The largest absolute Gasteiger partial charge is 0.503 e. The van der Waals surface area contributed by atoms with Crippen molar-refractivity contribution in [3.8, 4) is 10.4 Å². The van der Waals surface area contributed by atoms with Crippen molar-refractivity contribution < 1.29 is 28.2 Å². The quantitative estimate of drug-likeness (QED) is 0.440. The molecular formula is C23H23NO6S2. The van der Waals surface area contributed by atoms with Gasteiger partial charge in [-0.1, -0.05) is 61.5 Å². The van der Waals surface area contributed by atoms with Gasteiger partial charge in [0.2, 0.25) is 10.0 Å². The molecule has 0 radical (unpaired) electrons. The summed E-state index contributed by atoms with van der Waals surface area (Å²) in [5.41, 5.74) is 2.54. The molecule has 1 fully saturated rings. The average molecular weight is 474 g/mol. The van der Waals surface area contributed by atoms with Crippen LogP contribution in [0.1, 0.15) is 36.2 Å². The van der Waals surface area contributed by atoms with Crippen molar-refractivity contribution in [3.05, 3.63) is 77.9 Å². The molecule has 9 heteroatoms. The molecule has 1 saturated carbocycles. The van der Waals surface area contributed by atoms with Crippen LogP contribution in [0, 0.1) is 0 Å². The van der Waals surface area contributed by atoms with E-state index in [0.29, 0.717) is 9.77 Å². The molecule has 0 amide bonds. The Morgan fingerprint density at radius 2 is 1.59 bits per heavy atom. The number of sulfonamides is 1. The highest BCUT2D eigenvalue weighted by atomic mass is 32.2. The van der Waals surface area contributed by atoms with E-state index in [2.05, 4.69) is 11.6 Å². The van der Waals surface area contributed by atoms with Crippen LogP contribution in [0.3, 0.4) is 0 Å². The number of carbonyl (C=O) groups excluding carboxylic acids is 1. The van der Waals surface area contributed by atoms with E-state index in [0.717, 1.165) is 22.4 Å². The minimum atomic E-state index is -3.57. The second kappa shape index (κ2) is 9.23. The predicted octanol–water partition coefficient (Wildman–Crippen LogP) is 4.85. The van der Waals surface area contributed by atoms with Crippen LogP contribution in [-0.4, -0.2) is 36.6 Å². The fourth-order valence-corrected chi connectivity index (χ4v) is 6.09. The van der Waals surface area contributed by atoms with Crippen LogP contribution in [0.25, 0.3) is 10.4 Å². The van der Waals surface area contributed by atoms with Crippen LogP contribution in [-0.2, 0) is 15.4 Å². The molecule has 4 rings (SSSR count). The highest BCUT2D eigenvalue weighted by molar-refractivity contribution is 7.91. The summed E-state index contributed by atoms with van der Waals surface area (Å²) in [7, 11) is -3.57. The lowest BCUT2D eigenvalue weighted by molar-refractivity contribution is 0.101. The lowest BCUT2D eigenvalue weighted by Crippen LogP contribution is -2.29. The molecular weight excluding hydrogens is 450 g/mol. The lowest BCUT2D eigenvalue weighted by Gasteiger charge is -2.12. The summed E-state index contributed by atoms with van der Waals surface area (Å²) in [4.78, 5) is 20.8. The molecule has 1 aliphatic rings. The number of benzene rings is 2. The van der Waals surface area contributed by atoms with Crippen molar-refractivity contribution >= 4 is 33.3 Å². The van der Waals surface area contributed by atoms with Crippen LogP contribution in [0.2, 0.25) is 0 Å². The summed E-state index contributed by atoms with van der Waals surface area (Å²) in [6.45, 7) is 3.61. The van der Waals surface area contributed by atoms with Gasteiger partial charge in [0, 0.05) is 21.9 Å². The Labute approximate surface area is 190 Å². The first-order valence-electron chi connectivity index (χ1n) is 9.74. The number of ketones is 1. The highest BCUT2D eigenvalue weighted by Gasteiger charge is 2.53. The molecule has 0 spiro atoms. The number of hydrogen-bond acceptors (Lipinski definition) is 5. The van der Waals surface area contributed by atoms with Gasteiger partial charge in [-0.25, -0.2) is 17.9 Å². The third-order valence-electron chi connectivity index (χ3n) is 5.39. The van der Waals surface area contributed by atoms with E-state index in [1.165, 1.54) is 18.3 Å². The van der Waals surface area contributed by atoms with Gasteiger partial charge in [-0.2, -0.15) is 0 Å². The lowest BCUT2D eigenvalue weighted by atomic mass is 9.98. The van der Waals surface area contributed by atoms with Crippen molar-refractivity contribution in [2.24, 2.45) is 0 Å². The zero-order chi connectivity index (χ0) is 23.5. The standard InChI is InChI=1S/C22H21NO3S2.CH2O3/c1-15(24)16-8-10-17(11-9-16)19-12-13-21(27-19)28(25,26)23-20-14-22(20,2)18-6-4-3-5-7-18;2-1(3)4/h3-13,20,23H,14H2,1-2H3;(H2,2,3,4)/t20-,22+;/m0./s1. The number of rotatable bonds is 6. The molecule has 168 valence electrons. The van der Waals surface area contributed by atoms with Crippen molar-refractivity contribution in [2.75, 3.05) is 0 Å². The molecule has 2 aromatic carbocycles. The zero-order valence-corrected chi connectivity index (χ0v) is 19.1. The summed E-state index contributed by atoms with van der Waals surface area (Å²) in [6, 6.07) is 20.6. The van der Waals surface area contributed by atoms with Crippen LogP contribution < -0.4 is 4.72 Å². The van der Waals surface area contributed by atoms with Crippen molar-refractivity contribution in [1.82, 2.24) is 4.72 Å². The second-order valence-corrected chi connectivity index (χ2v) is 10.7. The minimum Gasteiger partial charge on any atom is -0.450 e. The van der Waals surface area contributed by atoms with E-state index in [-0.39, 0.29) is 17.2 Å². The van der Waals surface area contributed by atoms with Gasteiger partial charge in [-0.3, -0.25) is 4.79 Å². The predicted molar refractivity (Wildman–Crippen MR) is 123 cm³/mol. The van der Waals surface area contributed by atoms with Crippen molar-refractivity contribution in [3.63, 3.8) is 0 Å². The summed E-state index contributed by atoms with van der Waals surface area (Å²) >= 11 is 1.24. The van der Waals surface area contributed by atoms with Gasteiger partial charge in [0.05, 0.1) is 0 Å². The van der Waals surface area contributed by atoms with E-state index in [1.807, 2.05) is 48.5 Å². The third kappa shape index (κ3) is 5.42. The summed E-state index contributed by atoms with van der Waals surface area (Å²) < 4.78 is 28.9. The van der Waals surface area contributed by atoms with E-state index in [4.69, 9.17) is 15.0 Å². The first-order chi connectivity index (χ1) is 15.0. The molecule has 1 heterocycles. The number of thiophene rings is 1. The van der Waals surface area contributed by atoms with Crippen LogP contribution in [0.4, 0.5) is 4.79 Å². The number of carbonyl (C=O) groups is 2. The number of Topliss-reactive ketones (excluding diaryl/α,β-unsaturated/α-hetero) is 1. The van der Waals surface area contributed by atoms with Crippen LogP contribution in [0.15, 0.2) is 70.9 Å². The summed E-state index contributed by atoms with van der Waals surface area (Å²) in [5.74, 6) is 0.0103. The van der Waals surface area contributed by atoms with Crippen LogP contribution >= 0.6 is 11.3 Å². The molecule has 3 aromatic rings. The van der Waals surface area contributed by atoms with Gasteiger partial charge < -0.3 is 10.2 Å².